The van der Waals surface area contributed by atoms with Crippen LogP contribution in [0.4, 0.5) is 0 Å². The van der Waals surface area contributed by atoms with E-state index in [0.717, 1.165) is 36.0 Å². The van der Waals surface area contributed by atoms with Crippen LogP contribution in [0.2, 0.25) is 0 Å². The van der Waals surface area contributed by atoms with Crippen LogP contribution in [0.5, 0.6) is 0 Å². The zero-order chi connectivity index (χ0) is 14.0. The minimum absolute atomic E-state index is 0.0919. The summed E-state index contributed by atoms with van der Waals surface area (Å²) in [4.78, 5) is 0.400. The summed E-state index contributed by atoms with van der Waals surface area (Å²) >= 11 is 3.36. The van der Waals surface area contributed by atoms with Gasteiger partial charge in [0.1, 0.15) is 0 Å². The van der Waals surface area contributed by atoms with Crippen LogP contribution in [-0.4, -0.2) is 38.9 Å². The monoisotopic (exact) mass is 346 g/mol. The zero-order valence-corrected chi connectivity index (χ0v) is 13.6. The van der Waals surface area contributed by atoms with Gasteiger partial charge in [-0.05, 0) is 56.6 Å². The maximum absolute atomic E-state index is 12.7. The number of benzene rings is 1. The predicted octanol–water partition coefficient (Wildman–Crippen LogP) is 2.13. The zero-order valence-electron chi connectivity index (χ0n) is 11.2. The molecule has 0 unspecified atom stereocenters. The molecule has 4 nitrogen and oxygen atoms in total. The van der Waals surface area contributed by atoms with Crippen LogP contribution >= 0.6 is 15.9 Å². The standard InChI is InChI=1S/C13H19BrN2O2S/c1-10-9-11(14)3-4-13(10)19(17,18)16(2)12-5-7-15-8-6-12/h3-4,9,12,15H,5-8H2,1-2H3. The van der Waals surface area contributed by atoms with Crippen molar-refractivity contribution in [2.45, 2.75) is 30.7 Å². The molecule has 1 aromatic carbocycles. The Hall–Kier alpha value is -0.430. The molecule has 0 aliphatic carbocycles. The lowest BCUT2D eigenvalue weighted by molar-refractivity contribution is 0.296. The maximum Gasteiger partial charge on any atom is 0.243 e. The van der Waals surface area contributed by atoms with Crippen LogP contribution in [0.15, 0.2) is 27.6 Å². The molecule has 0 spiro atoms. The van der Waals surface area contributed by atoms with Gasteiger partial charge in [0.25, 0.3) is 0 Å². The average molecular weight is 347 g/mol. The summed E-state index contributed by atoms with van der Waals surface area (Å²) in [7, 11) is -1.71. The molecule has 1 aliphatic rings. The van der Waals surface area contributed by atoms with Crippen LogP contribution in [0.1, 0.15) is 18.4 Å². The summed E-state index contributed by atoms with van der Waals surface area (Å²) in [5.41, 5.74) is 0.773. The molecule has 0 amide bonds. The number of halogens is 1. The Bertz CT molecular complexity index is 554. The van der Waals surface area contributed by atoms with Gasteiger partial charge in [0.05, 0.1) is 4.90 Å². The number of hydrogen-bond acceptors (Lipinski definition) is 3. The highest BCUT2D eigenvalue weighted by Gasteiger charge is 2.29. The second-order valence-corrected chi connectivity index (χ2v) is 7.79. The van der Waals surface area contributed by atoms with Gasteiger partial charge in [-0.25, -0.2) is 8.42 Å². The first-order valence-corrected chi connectivity index (χ1v) is 8.61. The van der Waals surface area contributed by atoms with Crippen LogP contribution in [0.3, 0.4) is 0 Å². The van der Waals surface area contributed by atoms with E-state index in [1.807, 2.05) is 13.0 Å². The van der Waals surface area contributed by atoms with Crippen molar-refractivity contribution in [3.05, 3.63) is 28.2 Å². The topological polar surface area (TPSA) is 49.4 Å². The third-order valence-electron chi connectivity index (χ3n) is 3.62. The van der Waals surface area contributed by atoms with Crippen molar-refractivity contribution in [1.29, 1.82) is 0 Å². The van der Waals surface area contributed by atoms with E-state index in [1.54, 1.807) is 19.2 Å². The molecule has 6 heteroatoms. The molecule has 106 valence electrons. The van der Waals surface area contributed by atoms with Crippen molar-refractivity contribution in [1.82, 2.24) is 9.62 Å². The molecule has 1 heterocycles. The summed E-state index contributed by atoms with van der Waals surface area (Å²) in [5, 5.41) is 3.25. The fourth-order valence-corrected chi connectivity index (χ4v) is 4.52. The molecule has 0 atom stereocenters. The third kappa shape index (κ3) is 3.18. The minimum atomic E-state index is -3.40. The van der Waals surface area contributed by atoms with Crippen LogP contribution in [-0.2, 0) is 10.0 Å². The SMILES string of the molecule is Cc1cc(Br)ccc1S(=O)(=O)N(C)C1CCNCC1. The molecule has 2 rings (SSSR count). The normalized spacial score (nSPS) is 17.9. The van der Waals surface area contributed by atoms with Crippen LogP contribution in [0.25, 0.3) is 0 Å². The molecule has 19 heavy (non-hydrogen) atoms. The number of piperidine rings is 1. The molecule has 1 fully saturated rings. The van der Waals surface area contributed by atoms with Crippen molar-refractivity contribution >= 4 is 26.0 Å². The number of nitrogens with one attached hydrogen (secondary N) is 1. The van der Waals surface area contributed by atoms with Gasteiger partial charge >= 0.3 is 0 Å². The first-order chi connectivity index (χ1) is 8.93. The van der Waals surface area contributed by atoms with E-state index >= 15 is 0 Å². The lowest BCUT2D eigenvalue weighted by Crippen LogP contribution is -2.44. The van der Waals surface area contributed by atoms with Crippen molar-refractivity contribution in [2.24, 2.45) is 0 Å². The largest absolute Gasteiger partial charge is 0.317 e. The molecule has 1 aliphatic heterocycles. The van der Waals surface area contributed by atoms with E-state index in [9.17, 15) is 8.42 Å². The van der Waals surface area contributed by atoms with Gasteiger partial charge in [-0.3, -0.25) is 0 Å². The highest BCUT2D eigenvalue weighted by Crippen LogP contribution is 2.25. The summed E-state index contributed by atoms with van der Waals surface area (Å²) in [6.07, 6.45) is 1.73. The Kier molecular flexibility index (Phi) is 4.66. The first-order valence-electron chi connectivity index (χ1n) is 6.38. The smallest absolute Gasteiger partial charge is 0.243 e. The van der Waals surface area contributed by atoms with Crippen LogP contribution < -0.4 is 5.32 Å². The number of sulfonamides is 1. The van der Waals surface area contributed by atoms with Gasteiger partial charge in [0.15, 0.2) is 0 Å². The molecule has 1 N–H and O–H groups in total. The van der Waals surface area contributed by atoms with E-state index in [1.165, 1.54) is 4.31 Å². The third-order valence-corrected chi connectivity index (χ3v) is 6.18. The molecule has 0 saturated carbocycles. The summed E-state index contributed by atoms with van der Waals surface area (Å²) in [6, 6.07) is 5.38. The quantitative estimate of drug-likeness (QED) is 0.911. The number of rotatable bonds is 3. The summed E-state index contributed by atoms with van der Waals surface area (Å²) < 4.78 is 27.7. The van der Waals surface area contributed by atoms with Crippen molar-refractivity contribution in [3.63, 3.8) is 0 Å². The minimum Gasteiger partial charge on any atom is -0.317 e. The maximum atomic E-state index is 12.7. The average Bonchev–Trinajstić information content (AvgIpc) is 2.38. The van der Waals surface area contributed by atoms with E-state index in [-0.39, 0.29) is 6.04 Å². The number of aryl methyl sites for hydroxylation is 1. The fraction of sp³-hybridized carbons (Fsp3) is 0.538. The van der Waals surface area contributed by atoms with E-state index in [2.05, 4.69) is 21.2 Å². The van der Waals surface area contributed by atoms with E-state index < -0.39 is 10.0 Å². The Labute approximate surface area is 123 Å². The van der Waals surface area contributed by atoms with Crippen molar-refractivity contribution < 1.29 is 8.42 Å². The van der Waals surface area contributed by atoms with Gasteiger partial charge in [0.2, 0.25) is 10.0 Å². The van der Waals surface area contributed by atoms with E-state index in [0.29, 0.717) is 4.90 Å². The Morgan fingerprint density at radius 1 is 1.32 bits per heavy atom. The highest BCUT2D eigenvalue weighted by atomic mass is 79.9. The van der Waals surface area contributed by atoms with Gasteiger partial charge in [-0.15, -0.1) is 0 Å². The molecular weight excluding hydrogens is 328 g/mol. The summed E-state index contributed by atoms with van der Waals surface area (Å²) in [6.45, 7) is 3.58. The lowest BCUT2D eigenvalue weighted by atomic mass is 10.1. The van der Waals surface area contributed by atoms with Crippen molar-refractivity contribution in [3.8, 4) is 0 Å². The van der Waals surface area contributed by atoms with E-state index in [4.69, 9.17) is 0 Å². The molecule has 1 saturated heterocycles. The second kappa shape index (κ2) is 5.91. The van der Waals surface area contributed by atoms with Crippen LogP contribution in [0, 0.1) is 6.92 Å². The number of hydrogen-bond donors (Lipinski definition) is 1. The molecule has 0 radical (unpaired) electrons. The van der Waals surface area contributed by atoms with Gasteiger partial charge in [-0.1, -0.05) is 15.9 Å². The highest BCUT2D eigenvalue weighted by molar-refractivity contribution is 9.10. The molecular formula is C13H19BrN2O2S. The second-order valence-electron chi connectivity index (χ2n) is 4.91. The fourth-order valence-electron chi connectivity index (χ4n) is 2.42. The predicted molar refractivity (Wildman–Crippen MR) is 79.7 cm³/mol. The molecule has 1 aromatic rings. The Morgan fingerprint density at radius 3 is 2.53 bits per heavy atom. The lowest BCUT2D eigenvalue weighted by Gasteiger charge is -2.31. The Morgan fingerprint density at radius 2 is 1.95 bits per heavy atom. The van der Waals surface area contributed by atoms with Crippen molar-refractivity contribution in [2.75, 3.05) is 20.1 Å². The van der Waals surface area contributed by atoms with Gasteiger partial charge < -0.3 is 5.32 Å². The van der Waals surface area contributed by atoms with Gasteiger partial charge in [-0.2, -0.15) is 4.31 Å². The Balaban J connectivity index is 2.30. The molecule has 0 bridgehead atoms. The number of nitrogens with zero attached hydrogens (tertiary/aromatic N) is 1. The van der Waals surface area contributed by atoms with Gasteiger partial charge in [0, 0.05) is 17.6 Å². The first kappa shape index (κ1) is 15.0. The molecule has 0 aromatic heterocycles. The summed E-state index contributed by atoms with van der Waals surface area (Å²) in [5.74, 6) is 0.